The van der Waals surface area contributed by atoms with Gasteiger partial charge in [-0.25, -0.2) is 0 Å². The number of hydrogen-bond acceptors (Lipinski definition) is 5. The second kappa shape index (κ2) is 9.37. The summed E-state index contributed by atoms with van der Waals surface area (Å²) >= 11 is 0. The molecule has 184 valence electrons. The van der Waals surface area contributed by atoms with Gasteiger partial charge in [-0.05, 0) is 44.1 Å². The van der Waals surface area contributed by atoms with Crippen molar-refractivity contribution in [2.75, 3.05) is 0 Å². The molecule has 0 radical (unpaired) electrons. The maximum atomic E-state index is 12.1. The van der Waals surface area contributed by atoms with Gasteiger partial charge in [0, 0.05) is 23.8 Å². The monoisotopic (exact) mass is 474 g/mol. The Balaban J connectivity index is 2.01. The van der Waals surface area contributed by atoms with Crippen LogP contribution in [-0.2, 0) is 0 Å². The first-order valence-electron chi connectivity index (χ1n) is 12.2. The molecule has 35 heavy (non-hydrogen) atoms. The minimum absolute atomic E-state index is 0.00772. The van der Waals surface area contributed by atoms with E-state index < -0.39 is 11.4 Å². The minimum Gasteiger partial charge on any atom is -0.507 e. The van der Waals surface area contributed by atoms with Gasteiger partial charge in [0.25, 0.3) is 0 Å². The number of rotatable bonds is 3. The third-order valence-corrected chi connectivity index (χ3v) is 7.66. The van der Waals surface area contributed by atoms with Crippen molar-refractivity contribution in [2.24, 2.45) is 11.3 Å². The zero-order valence-corrected chi connectivity index (χ0v) is 20.9. The summed E-state index contributed by atoms with van der Waals surface area (Å²) in [5.41, 5.74) is 1.54. The van der Waals surface area contributed by atoms with E-state index in [0.29, 0.717) is 24.6 Å². The first-order chi connectivity index (χ1) is 16.6. The van der Waals surface area contributed by atoms with Crippen LogP contribution in [0.3, 0.4) is 0 Å². The van der Waals surface area contributed by atoms with Gasteiger partial charge in [-0.2, -0.15) is 0 Å². The first-order valence-corrected chi connectivity index (χ1v) is 12.2. The largest absolute Gasteiger partial charge is 0.507 e. The van der Waals surface area contributed by atoms with Crippen LogP contribution < -0.4 is 4.74 Å². The molecule has 3 atom stereocenters. The summed E-state index contributed by atoms with van der Waals surface area (Å²) in [6, 6.07) is 9.82. The molecule has 0 amide bonds. The van der Waals surface area contributed by atoms with Crippen LogP contribution in [0.1, 0.15) is 91.1 Å². The molecule has 0 bridgehead atoms. The molecule has 2 aromatic carbocycles. The van der Waals surface area contributed by atoms with Crippen molar-refractivity contribution < 1.29 is 24.5 Å². The van der Waals surface area contributed by atoms with E-state index in [0.717, 1.165) is 24.8 Å². The van der Waals surface area contributed by atoms with Gasteiger partial charge in [0.15, 0.2) is 12.6 Å². The van der Waals surface area contributed by atoms with Gasteiger partial charge >= 0.3 is 0 Å². The second-order valence-electron chi connectivity index (χ2n) is 10.8. The Kier molecular flexibility index (Phi) is 6.63. The van der Waals surface area contributed by atoms with E-state index in [2.05, 4.69) is 39.0 Å². The van der Waals surface area contributed by atoms with E-state index in [4.69, 9.17) is 4.74 Å². The molecular formula is C30H34O5. The molecule has 0 saturated heterocycles. The minimum atomic E-state index is -0.718. The number of carbonyl (C=O) groups excluding carboxylic acids is 2. The smallest absolute Gasteiger partial charge is 0.157 e. The Morgan fingerprint density at radius 3 is 2.31 bits per heavy atom. The van der Waals surface area contributed by atoms with E-state index in [9.17, 15) is 19.8 Å². The van der Waals surface area contributed by atoms with E-state index in [-0.39, 0.29) is 39.9 Å². The molecule has 1 aliphatic carbocycles. The van der Waals surface area contributed by atoms with Crippen molar-refractivity contribution in [1.82, 2.24) is 0 Å². The van der Waals surface area contributed by atoms with Crippen molar-refractivity contribution in [1.29, 1.82) is 0 Å². The summed E-state index contributed by atoms with van der Waals surface area (Å²) in [6.07, 6.45) is 10.7. The number of phenols is 2. The van der Waals surface area contributed by atoms with Gasteiger partial charge in [-0.3, -0.25) is 9.59 Å². The maximum Gasteiger partial charge on any atom is 0.157 e. The number of carbonyl (C=O) groups is 2. The van der Waals surface area contributed by atoms with Crippen LogP contribution in [0.15, 0.2) is 54.1 Å². The predicted molar refractivity (Wildman–Crippen MR) is 137 cm³/mol. The van der Waals surface area contributed by atoms with Crippen molar-refractivity contribution in [3.8, 4) is 17.2 Å². The second-order valence-corrected chi connectivity index (χ2v) is 10.8. The van der Waals surface area contributed by atoms with Crippen molar-refractivity contribution >= 4 is 12.6 Å². The first kappa shape index (κ1) is 24.8. The number of allylic oxidation sites excluding steroid dienone is 3. The van der Waals surface area contributed by atoms with E-state index in [1.54, 1.807) is 0 Å². The molecule has 1 heterocycles. The number of hydrogen-bond donors (Lipinski definition) is 2. The summed E-state index contributed by atoms with van der Waals surface area (Å²) in [4.78, 5) is 23.9. The fourth-order valence-corrected chi connectivity index (χ4v) is 5.57. The van der Waals surface area contributed by atoms with Crippen molar-refractivity contribution in [2.45, 2.75) is 64.9 Å². The summed E-state index contributed by atoms with van der Waals surface area (Å²) < 4.78 is 6.60. The highest BCUT2D eigenvalue weighted by Crippen LogP contribution is 2.57. The van der Waals surface area contributed by atoms with Crippen molar-refractivity contribution in [3.63, 3.8) is 0 Å². The number of fused-ring (bicyclic) bond motifs is 2. The van der Waals surface area contributed by atoms with Crippen LogP contribution in [0.25, 0.3) is 0 Å². The quantitative estimate of drug-likeness (QED) is 0.381. The van der Waals surface area contributed by atoms with E-state index in [1.807, 2.05) is 37.3 Å². The number of aldehydes is 2. The molecule has 0 fully saturated rings. The Morgan fingerprint density at radius 2 is 1.66 bits per heavy atom. The summed E-state index contributed by atoms with van der Waals surface area (Å²) in [5.74, 6) is -1.12. The molecular weight excluding hydrogens is 440 g/mol. The van der Waals surface area contributed by atoms with Crippen LogP contribution in [0.4, 0.5) is 0 Å². The molecule has 0 unspecified atom stereocenters. The molecule has 4 rings (SSSR count). The molecule has 0 saturated carbocycles. The van der Waals surface area contributed by atoms with Crippen LogP contribution in [-0.4, -0.2) is 28.4 Å². The van der Waals surface area contributed by atoms with E-state index in [1.165, 1.54) is 5.57 Å². The summed E-state index contributed by atoms with van der Waals surface area (Å²) in [5, 5.41) is 21.9. The highest BCUT2D eigenvalue weighted by molar-refractivity contribution is 5.95. The third kappa shape index (κ3) is 4.52. The lowest BCUT2D eigenvalue weighted by molar-refractivity contribution is -0.00275. The Hall–Kier alpha value is -3.34. The Bertz CT molecular complexity index is 1190. The van der Waals surface area contributed by atoms with E-state index >= 15 is 0 Å². The average Bonchev–Trinajstić information content (AvgIpc) is 2.83. The summed E-state index contributed by atoms with van der Waals surface area (Å²) in [6.45, 7) is 8.60. The SMILES string of the molecule is CC1=CCC(C)(C)C=CC[C@@]2(C)Oc3c(C=O)c(O)c(C=O)c(O)c3[C@H](c3ccccc3)[C@@H]2CC1. The average molecular weight is 475 g/mol. The van der Waals surface area contributed by atoms with Gasteiger partial charge < -0.3 is 14.9 Å². The van der Waals surface area contributed by atoms with Gasteiger partial charge in [0.1, 0.15) is 22.8 Å². The maximum absolute atomic E-state index is 12.1. The lowest BCUT2D eigenvalue weighted by Crippen LogP contribution is -2.47. The van der Waals surface area contributed by atoms with Gasteiger partial charge in [0.05, 0.1) is 11.1 Å². The van der Waals surface area contributed by atoms with Crippen LogP contribution >= 0.6 is 0 Å². The number of phenolic OH excluding ortho intramolecular Hbond substituents is 2. The molecule has 2 aliphatic rings. The number of aromatic hydroxyl groups is 2. The lowest BCUT2D eigenvalue weighted by atomic mass is 9.66. The third-order valence-electron chi connectivity index (χ3n) is 7.66. The summed E-state index contributed by atoms with van der Waals surface area (Å²) in [7, 11) is 0. The molecule has 0 aromatic heterocycles. The standard InChI is InChI=1S/C30H34O5/c1-19-11-12-23-24(20-9-6-5-7-10-20)25-27(34)21(17-31)26(33)22(18-32)28(25)35-30(23,4)15-8-14-29(2,3)16-13-19/h5-10,13-14,17-18,23-24,33-34H,11-12,15-16H2,1-4H3/t23-,24+,30+/m0/s1. The number of benzene rings is 2. The Labute approximate surface area is 207 Å². The van der Waals surface area contributed by atoms with Gasteiger partial charge in [-0.15, -0.1) is 0 Å². The van der Waals surface area contributed by atoms with Gasteiger partial charge in [-0.1, -0.05) is 68.0 Å². The van der Waals surface area contributed by atoms with Crippen LogP contribution in [0.2, 0.25) is 0 Å². The van der Waals surface area contributed by atoms with Crippen molar-refractivity contribution in [3.05, 3.63) is 76.4 Å². The highest BCUT2D eigenvalue weighted by atomic mass is 16.5. The molecule has 2 N–H and O–H groups in total. The Morgan fingerprint density at radius 1 is 0.971 bits per heavy atom. The zero-order valence-electron chi connectivity index (χ0n) is 20.9. The predicted octanol–water partition coefficient (Wildman–Crippen LogP) is 6.72. The lowest BCUT2D eigenvalue weighted by Gasteiger charge is -2.48. The molecule has 2 aromatic rings. The van der Waals surface area contributed by atoms with Crippen LogP contribution in [0, 0.1) is 11.3 Å². The topological polar surface area (TPSA) is 83.8 Å². The van der Waals surface area contributed by atoms with Gasteiger partial charge in [0.2, 0.25) is 0 Å². The van der Waals surface area contributed by atoms with Crippen LogP contribution in [0.5, 0.6) is 17.2 Å². The molecule has 5 heteroatoms. The molecule has 1 aliphatic heterocycles. The zero-order chi connectivity index (χ0) is 25.4. The normalized spacial score (nSPS) is 25.8. The molecule has 5 nitrogen and oxygen atoms in total. The fourth-order valence-electron chi connectivity index (χ4n) is 5.57. The molecule has 0 spiro atoms. The number of ether oxygens (including phenoxy) is 1. The highest BCUT2D eigenvalue weighted by Gasteiger charge is 2.49. The fraction of sp³-hybridized carbons (Fsp3) is 0.400.